The standard InChI is InChI=1S/C16H20N2O2/c1-16(2)8-7-13(9-16)18-15(19)11-20-14-6-4-3-5-12(14)10-17/h3-6,13H,7-9,11H2,1-2H3,(H,18,19). The molecule has 106 valence electrons. The van der Waals surface area contributed by atoms with E-state index in [1.54, 1.807) is 24.3 Å². The summed E-state index contributed by atoms with van der Waals surface area (Å²) in [7, 11) is 0. The van der Waals surface area contributed by atoms with Crippen molar-refractivity contribution in [3.63, 3.8) is 0 Å². The predicted molar refractivity (Wildman–Crippen MR) is 76.2 cm³/mol. The Hall–Kier alpha value is -2.02. The van der Waals surface area contributed by atoms with E-state index in [1.807, 2.05) is 6.07 Å². The normalized spacial score (nSPS) is 20.1. The highest BCUT2D eigenvalue weighted by Gasteiger charge is 2.31. The number of hydrogen-bond donors (Lipinski definition) is 1. The number of rotatable bonds is 4. The lowest BCUT2D eigenvalue weighted by molar-refractivity contribution is -0.123. The van der Waals surface area contributed by atoms with Crippen molar-refractivity contribution in [2.75, 3.05) is 6.61 Å². The largest absolute Gasteiger partial charge is 0.482 e. The summed E-state index contributed by atoms with van der Waals surface area (Å²) < 4.78 is 5.42. The maximum absolute atomic E-state index is 11.9. The third kappa shape index (κ3) is 3.74. The molecule has 1 fully saturated rings. The van der Waals surface area contributed by atoms with Crippen LogP contribution in [0.1, 0.15) is 38.7 Å². The van der Waals surface area contributed by atoms with Crippen LogP contribution >= 0.6 is 0 Å². The summed E-state index contributed by atoms with van der Waals surface area (Å²) in [5, 5.41) is 11.9. The van der Waals surface area contributed by atoms with Crippen molar-refractivity contribution in [2.24, 2.45) is 5.41 Å². The molecule has 0 radical (unpaired) electrons. The Morgan fingerprint density at radius 2 is 2.25 bits per heavy atom. The molecule has 20 heavy (non-hydrogen) atoms. The van der Waals surface area contributed by atoms with Crippen molar-refractivity contribution < 1.29 is 9.53 Å². The number of nitriles is 1. The average Bonchev–Trinajstić information content (AvgIpc) is 2.76. The minimum Gasteiger partial charge on any atom is -0.482 e. The Balaban J connectivity index is 1.83. The number of ether oxygens (including phenoxy) is 1. The smallest absolute Gasteiger partial charge is 0.258 e. The molecule has 1 N–H and O–H groups in total. The summed E-state index contributed by atoms with van der Waals surface area (Å²) in [5.74, 6) is 0.331. The highest BCUT2D eigenvalue weighted by atomic mass is 16.5. The van der Waals surface area contributed by atoms with E-state index < -0.39 is 0 Å². The molecule has 2 rings (SSSR count). The van der Waals surface area contributed by atoms with Gasteiger partial charge in [0.05, 0.1) is 5.56 Å². The minimum absolute atomic E-state index is 0.0460. The van der Waals surface area contributed by atoms with Gasteiger partial charge in [-0.05, 0) is 36.8 Å². The molecule has 1 aromatic carbocycles. The molecule has 1 atom stereocenters. The molecule has 1 aromatic rings. The highest BCUT2D eigenvalue weighted by Crippen LogP contribution is 2.36. The minimum atomic E-state index is -0.125. The van der Waals surface area contributed by atoms with Crippen LogP contribution in [0.25, 0.3) is 0 Å². The molecular formula is C16H20N2O2. The van der Waals surface area contributed by atoms with Crippen LogP contribution in [0.4, 0.5) is 0 Å². The number of benzene rings is 1. The highest BCUT2D eigenvalue weighted by molar-refractivity contribution is 5.78. The number of hydrogen-bond acceptors (Lipinski definition) is 3. The number of nitrogens with zero attached hydrogens (tertiary/aromatic N) is 1. The van der Waals surface area contributed by atoms with Crippen molar-refractivity contribution in [3.8, 4) is 11.8 Å². The molecule has 0 aromatic heterocycles. The fraction of sp³-hybridized carbons (Fsp3) is 0.500. The summed E-state index contributed by atoms with van der Waals surface area (Å²) in [5.41, 5.74) is 0.758. The fourth-order valence-electron chi connectivity index (χ4n) is 2.66. The van der Waals surface area contributed by atoms with E-state index in [0.717, 1.165) is 19.3 Å². The van der Waals surface area contributed by atoms with Gasteiger partial charge in [-0.25, -0.2) is 0 Å². The molecular weight excluding hydrogens is 252 g/mol. The van der Waals surface area contributed by atoms with Gasteiger partial charge in [-0.2, -0.15) is 5.26 Å². The molecule has 0 heterocycles. The zero-order valence-corrected chi connectivity index (χ0v) is 12.0. The van der Waals surface area contributed by atoms with E-state index in [1.165, 1.54) is 0 Å². The number of carbonyl (C=O) groups is 1. The van der Waals surface area contributed by atoms with Gasteiger partial charge >= 0.3 is 0 Å². The van der Waals surface area contributed by atoms with E-state index in [2.05, 4.69) is 19.2 Å². The van der Waals surface area contributed by atoms with Crippen molar-refractivity contribution in [1.82, 2.24) is 5.32 Å². The lowest BCUT2D eigenvalue weighted by atomic mass is 9.92. The van der Waals surface area contributed by atoms with Gasteiger partial charge in [0.2, 0.25) is 0 Å². The van der Waals surface area contributed by atoms with Crippen LogP contribution in [0.3, 0.4) is 0 Å². The molecule has 0 aliphatic heterocycles. The first kappa shape index (κ1) is 14.4. The second kappa shape index (κ2) is 5.96. The third-order valence-corrected chi connectivity index (χ3v) is 3.70. The maximum atomic E-state index is 11.9. The van der Waals surface area contributed by atoms with Gasteiger partial charge in [0.25, 0.3) is 5.91 Å². The monoisotopic (exact) mass is 272 g/mol. The van der Waals surface area contributed by atoms with Gasteiger partial charge in [0, 0.05) is 6.04 Å². The zero-order valence-electron chi connectivity index (χ0n) is 12.0. The molecule has 1 unspecified atom stereocenters. The lowest BCUT2D eigenvalue weighted by Crippen LogP contribution is -2.36. The van der Waals surface area contributed by atoms with Crippen molar-refractivity contribution >= 4 is 5.91 Å². The van der Waals surface area contributed by atoms with Crippen LogP contribution in [0.2, 0.25) is 0 Å². The Bertz CT molecular complexity index is 532. The van der Waals surface area contributed by atoms with Gasteiger partial charge in [-0.15, -0.1) is 0 Å². The van der Waals surface area contributed by atoms with Crippen LogP contribution in [0.5, 0.6) is 5.75 Å². The van der Waals surface area contributed by atoms with E-state index in [-0.39, 0.29) is 18.6 Å². The summed E-state index contributed by atoms with van der Waals surface area (Å²) in [4.78, 5) is 11.9. The number of nitrogens with one attached hydrogen (secondary N) is 1. The number of carbonyl (C=O) groups excluding carboxylic acids is 1. The molecule has 1 amide bonds. The van der Waals surface area contributed by atoms with Crippen LogP contribution in [0, 0.1) is 16.7 Å². The summed E-state index contributed by atoms with van der Waals surface area (Å²) in [6, 6.07) is 9.22. The van der Waals surface area contributed by atoms with Gasteiger partial charge < -0.3 is 10.1 Å². The molecule has 1 aliphatic rings. The molecule has 1 saturated carbocycles. The summed E-state index contributed by atoms with van der Waals surface area (Å²) in [6.45, 7) is 4.40. The second-order valence-corrected chi connectivity index (χ2v) is 6.07. The van der Waals surface area contributed by atoms with Gasteiger partial charge in [0.15, 0.2) is 6.61 Å². The Morgan fingerprint density at radius 3 is 2.90 bits per heavy atom. The topological polar surface area (TPSA) is 62.1 Å². The van der Waals surface area contributed by atoms with Crippen molar-refractivity contribution in [2.45, 2.75) is 39.2 Å². The molecule has 0 spiro atoms. The first-order chi connectivity index (χ1) is 9.50. The zero-order chi connectivity index (χ0) is 14.6. The third-order valence-electron chi connectivity index (χ3n) is 3.70. The fourth-order valence-corrected chi connectivity index (χ4v) is 2.66. The average molecular weight is 272 g/mol. The SMILES string of the molecule is CC1(C)CCC(NC(=O)COc2ccccc2C#N)C1. The first-order valence-electron chi connectivity index (χ1n) is 6.91. The van der Waals surface area contributed by atoms with E-state index >= 15 is 0 Å². The lowest BCUT2D eigenvalue weighted by Gasteiger charge is -2.18. The number of para-hydroxylation sites is 1. The first-order valence-corrected chi connectivity index (χ1v) is 6.91. The maximum Gasteiger partial charge on any atom is 0.258 e. The number of amides is 1. The van der Waals surface area contributed by atoms with Crippen LogP contribution in [0.15, 0.2) is 24.3 Å². The van der Waals surface area contributed by atoms with Gasteiger partial charge in [-0.3, -0.25) is 4.79 Å². The van der Waals surface area contributed by atoms with E-state index in [9.17, 15) is 4.79 Å². The Kier molecular flexibility index (Phi) is 4.29. The van der Waals surface area contributed by atoms with Crippen molar-refractivity contribution in [1.29, 1.82) is 5.26 Å². The van der Waals surface area contributed by atoms with Gasteiger partial charge in [-0.1, -0.05) is 26.0 Å². The van der Waals surface area contributed by atoms with E-state index in [0.29, 0.717) is 16.7 Å². The molecule has 4 nitrogen and oxygen atoms in total. The second-order valence-electron chi connectivity index (χ2n) is 6.07. The van der Waals surface area contributed by atoms with Crippen molar-refractivity contribution in [3.05, 3.63) is 29.8 Å². The van der Waals surface area contributed by atoms with Crippen LogP contribution in [-0.2, 0) is 4.79 Å². The predicted octanol–water partition coefficient (Wildman–Crippen LogP) is 2.63. The Morgan fingerprint density at radius 1 is 1.50 bits per heavy atom. The summed E-state index contributed by atoms with van der Waals surface area (Å²) in [6.07, 6.45) is 3.16. The van der Waals surface area contributed by atoms with Crippen LogP contribution in [-0.4, -0.2) is 18.6 Å². The molecule has 0 bridgehead atoms. The quantitative estimate of drug-likeness (QED) is 0.916. The molecule has 4 heteroatoms. The molecule has 1 aliphatic carbocycles. The Labute approximate surface area is 119 Å². The summed E-state index contributed by atoms with van der Waals surface area (Å²) >= 11 is 0. The van der Waals surface area contributed by atoms with E-state index in [4.69, 9.17) is 10.00 Å². The van der Waals surface area contributed by atoms with Crippen LogP contribution < -0.4 is 10.1 Å². The molecule has 0 saturated heterocycles. The van der Waals surface area contributed by atoms with Gasteiger partial charge in [0.1, 0.15) is 11.8 Å².